The lowest BCUT2D eigenvalue weighted by molar-refractivity contribution is 0.0792. The summed E-state index contributed by atoms with van der Waals surface area (Å²) in [6, 6.07) is 5.56. The number of methoxy groups -OCH3 is 1. The standard InChI is InChI=1S/C12H14O3/c1-12(2,13)10-7-15-11-6-8(14-3)4-5-9(10)11/h4-7,13H,1-3H3. The highest BCUT2D eigenvalue weighted by molar-refractivity contribution is 5.83. The first kappa shape index (κ1) is 10.1. The van der Waals surface area contributed by atoms with Crippen LogP contribution in [0.2, 0.25) is 0 Å². The van der Waals surface area contributed by atoms with Crippen LogP contribution < -0.4 is 4.74 Å². The Balaban J connectivity index is 2.62. The molecule has 0 amide bonds. The van der Waals surface area contributed by atoms with E-state index in [0.29, 0.717) is 0 Å². The first-order chi connectivity index (χ1) is 7.02. The Morgan fingerprint density at radius 2 is 2.07 bits per heavy atom. The maximum atomic E-state index is 9.91. The second-order valence-corrected chi connectivity index (χ2v) is 4.07. The van der Waals surface area contributed by atoms with Gasteiger partial charge in [0.25, 0.3) is 0 Å². The van der Waals surface area contributed by atoms with Crippen molar-refractivity contribution < 1.29 is 14.3 Å². The number of aliphatic hydroxyl groups is 1. The van der Waals surface area contributed by atoms with Crippen LogP contribution >= 0.6 is 0 Å². The lowest BCUT2D eigenvalue weighted by Gasteiger charge is -2.15. The van der Waals surface area contributed by atoms with Crippen LogP contribution in [0.25, 0.3) is 11.0 Å². The molecular formula is C12H14O3. The van der Waals surface area contributed by atoms with Gasteiger partial charge in [-0.15, -0.1) is 0 Å². The van der Waals surface area contributed by atoms with Crippen molar-refractivity contribution in [2.45, 2.75) is 19.4 Å². The molecule has 1 aromatic heterocycles. The third-order valence-corrected chi connectivity index (χ3v) is 2.44. The van der Waals surface area contributed by atoms with Crippen LogP contribution in [0.5, 0.6) is 5.75 Å². The van der Waals surface area contributed by atoms with Crippen LogP contribution in [0, 0.1) is 0 Å². The second-order valence-electron chi connectivity index (χ2n) is 4.07. The van der Waals surface area contributed by atoms with Crippen molar-refractivity contribution >= 4 is 11.0 Å². The third-order valence-electron chi connectivity index (χ3n) is 2.44. The van der Waals surface area contributed by atoms with Crippen molar-refractivity contribution in [2.24, 2.45) is 0 Å². The number of fused-ring (bicyclic) bond motifs is 1. The molecule has 0 spiro atoms. The average molecular weight is 206 g/mol. The number of furan rings is 1. The molecule has 0 aliphatic rings. The van der Waals surface area contributed by atoms with E-state index in [1.165, 1.54) is 0 Å². The molecule has 2 rings (SSSR count). The van der Waals surface area contributed by atoms with Gasteiger partial charge in [-0.1, -0.05) is 0 Å². The first-order valence-corrected chi connectivity index (χ1v) is 4.80. The van der Waals surface area contributed by atoms with Crippen molar-refractivity contribution in [3.63, 3.8) is 0 Å². The fraction of sp³-hybridized carbons (Fsp3) is 0.333. The molecule has 0 aliphatic heterocycles. The summed E-state index contributed by atoms with van der Waals surface area (Å²) < 4.78 is 10.5. The topological polar surface area (TPSA) is 42.6 Å². The molecule has 0 unspecified atom stereocenters. The van der Waals surface area contributed by atoms with E-state index in [4.69, 9.17) is 9.15 Å². The summed E-state index contributed by atoms with van der Waals surface area (Å²) in [4.78, 5) is 0. The Hall–Kier alpha value is -1.48. The minimum Gasteiger partial charge on any atom is -0.497 e. The van der Waals surface area contributed by atoms with Crippen molar-refractivity contribution in [3.8, 4) is 5.75 Å². The Labute approximate surface area is 88.3 Å². The minimum absolute atomic E-state index is 0.728. The monoisotopic (exact) mass is 206 g/mol. The Morgan fingerprint density at radius 3 is 2.67 bits per heavy atom. The van der Waals surface area contributed by atoms with Gasteiger partial charge in [0.15, 0.2) is 0 Å². The number of rotatable bonds is 2. The summed E-state index contributed by atoms with van der Waals surface area (Å²) in [5.41, 5.74) is 0.631. The van der Waals surface area contributed by atoms with E-state index < -0.39 is 5.60 Å². The molecule has 1 aromatic carbocycles. The van der Waals surface area contributed by atoms with Gasteiger partial charge in [-0.25, -0.2) is 0 Å². The zero-order valence-electron chi connectivity index (χ0n) is 9.07. The zero-order valence-corrected chi connectivity index (χ0v) is 9.07. The highest BCUT2D eigenvalue weighted by atomic mass is 16.5. The molecule has 80 valence electrons. The highest BCUT2D eigenvalue weighted by Crippen LogP contribution is 2.31. The van der Waals surface area contributed by atoms with Gasteiger partial charge in [-0.05, 0) is 26.0 Å². The summed E-state index contributed by atoms with van der Waals surface area (Å²) in [6.07, 6.45) is 1.59. The van der Waals surface area contributed by atoms with E-state index >= 15 is 0 Å². The van der Waals surface area contributed by atoms with Crippen LogP contribution in [0.4, 0.5) is 0 Å². The molecule has 0 radical (unpaired) electrons. The van der Waals surface area contributed by atoms with Crippen molar-refractivity contribution in [1.29, 1.82) is 0 Å². The number of hydrogen-bond donors (Lipinski definition) is 1. The zero-order chi connectivity index (χ0) is 11.1. The fourth-order valence-electron chi connectivity index (χ4n) is 1.61. The molecule has 1 N–H and O–H groups in total. The van der Waals surface area contributed by atoms with E-state index in [9.17, 15) is 5.11 Å². The molecule has 0 aliphatic carbocycles. The van der Waals surface area contributed by atoms with Crippen molar-refractivity contribution in [3.05, 3.63) is 30.0 Å². The summed E-state index contributed by atoms with van der Waals surface area (Å²) in [6.45, 7) is 3.48. The number of ether oxygens (including phenoxy) is 1. The summed E-state index contributed by atoms with van der Waals surface area (Å²) >= 11 is 0. The van der Waals surface area contributed by atoms with Crippen LogP contribution in [0.1, 0.15) is 19.4 Å². The molecule has 0 bridgehead atoms. The largest absolute Gasteiger partial charge is 0.497 e. The fourth-order valence-corrected chi connectivity index (χ4v) is 1.61. The summed E-state index contributed by atoms with van der Waals surface area (Å²) in [5, 5.41) is 10.8. The molecule has 2 aromatic rings. The molecular weight excluding hydrogens is 192 g/mol. The second kappa shape index (κ2) is 3.28. The van der Waals surface area contributed by atoms with E-state index in [1.807, 2.05) is 18.2 Å². The van der Waals surface area contributed by atoms with E-state index in [0.717, 1.165) is 22.3 Å². The van der Waals surface area contributed by atoms with Crippen LogP contribution in [0.15, 0.2) is 28.9 Å². The number of hydrogen-bond acceptors (Lipinski definition) is 3. The first-order valence-electron chi connectivity index (χ1n) is 4.80. The third kappa shape index (κ3) is 1.70. The van der Waals surface area contributed by atoms with Gasteiger partial charge in [0.05, 0.1) is 19.0 Å². The average Bonchev–Trinajstić information content (AvgIpc) is 2.59. The lowest BCUT2D eigenvalue weighted by Crippen LogP contribution is -2.14. The Bertz CT molecular complexity index is 477. The molecule has 3 nitrogen and oxygen atoms in total. The maximum absolute atomic E-state index is 9.91. The Morgan fingerprint density at radius 1 is 1.33 bits per heavy atom. The van der Waals surface area contributed by atoms with Gasteiger partial charge in [0.1, 0.15) is 11.3 Å². The van der Waals surface area contributed by atoms with Gasteiger partial charge in [0, 0.05) is 17.0 Å². The SMILES string of the molecule is COc1ccc2c(C(C)(C)O)coc2c1. The van der Waals surface area contributed by atoms with Gasteiger partial charge in [0.2, 0.25) is 0 Å². The van der Waals surface area contributed by atoms with E-state index in [1.54, 1.807) is 27.2 Å². The highest BCUT2D eigenvalue weighted by Gasteiger charge is 2.21. The molecule has 0 saturated heterocycles. The quantitative estimate of drug-likeness (QED) is 0.821. The normalized spacial score (nSPS) is 12.0. The van der Waals surface area contributed by atoms with Gasteiger partial charge in [-0.2, -0.15) is 0 Å². The molecule has 0 atom stereocenters. The van der Waals surface area contributed by atoms with Crippen LogP contribution in [-0.2, 0) is 5.60 Å². The Kier molecular flexibility index (Phi) is 2.20. The predicted octanol–water partition coefficient (Wildman–Crippen LogP) is 2.67. The van der Waals surface area contributed by atoms with Crippen molar-refractivity contribution in [1.82, 2.24) is 0 Å². The number of benzene rings is 1. The summed E-state index contributed by atoms with van der Waals surface area (Å²) in [7, 11) is 1.61. The van der Waals surface area contributed by atoms with Gasteiger partial charge < -0.3 is 14.3 Å². The van der Waals surface area contributed by atoms with Crippen LogP contribution in [-0.4, -0.2) is 12.2 Å². The lowest BCUT2D eigenvalue weighted by atomic mass is 9.98. The molecule has 1 heterocycles. The van der Waals surface area contributed by atoms with Crippen LogP contribution in [0.3, 0.4) is 0 Å². The molecule has 0 saturated carbocycles. The maximum Gasteiger partial charge on any atom is 0.137 e. The smallest absolute Gasteiger partial charge is 0.137 e. The van der Waals surface area contributed by atoms with Crippen molar-refractivity contribution in [2.75, 3.05) is 7.11 Å². The van der Waals surface area contributed by atoms with E-state index in [2.05, 4.69) is 0 Å². The van der Waals surface area contributed by atoms with Gasteiger partial charge in [-0.3, -0.25) is 0 Å². The molecule has 3 heteroatoms. The predicted molar refractivity (Wildman–Crippen MR) is 58.0 cm³/mol. The molecule has 15 heavy (non-hydrogen) atoms. The summed E-state index contributed by atoms with van der Waals surface area (Å²) in [5.74, 6) is 0.749. The minimum atomic E-state index is -0.889. The molecule has 0 fully saturated rings. The van der Waals surface area contributed by atoms with Gasteiger partial charge >= 0.3 is 0 Å². The van der Waals surface area contributed by atoms with E-state index in [-0.39, 0.29) is 0 Å².